The number of nitrogens with one attached hydrogen (secondary N) is 1. The van der Waals surface area contributed by atoms with E-state index in [2.05, 4.69) is 5.32 Å². The zero-order valence-electron chi connectivity index (χ0n) is 22.3. The molecule has 40 heavy (non-hydrogen) atoms. The second-order valence-electron chi connectivity index (χ2n) is 9.02. The molecular formula is C30H30ClN3O5S. The van der Waals surface area contributed by atoms with Crippen molar-refractivity contribution < 1.29 is 23.9 Å². The van der Waals surface area contributed by atoms with E-state index in [9.17, 15) is 14.4 Å². The molecule has 1 unspecified atom stereocenters. The third kappa shape index (κ3) is 6.97. The summed E-state index contributed by atoms with van der Waals surface area (Å²) in [7, 11) is 0. The van der Waals surface area contributed by atoms with E-state index < -0.39 is 12.0 Å². The summed E-state index contributed by atoms with van der Waals surface area (Å²) < 4.78 is 10.5. The highest BCUT2D eigenvalue weighted by molar-refractivity contribution is 7.80. The van der Waals surface area contributed by atoms with Gasteiger partial charge >= 0.3 is 5.97 Å². The summed E-state index contributed by atoms with van der Waals surface area (Å²) in [5.74, 6) is -0.374. The first kappa shape index (κ1) is 29.0. The molecule has 1 heterocycles. The van der Waals surface area contributed by atoms with Crippen molar-refractivity contribution in [1.29, 1.82) is 0 Å². The molecule has 3 aromatic rings. The molecule has 10 heteroatoms. The zero-order valence-corrected chi connectivity index (χ0v) is 23.8. The molecule has 4 rings (SSSR count). The third-order valence-electron chi connectivity index (χ3n) is 6.34. The Morgan fingerprint density at radius 2 is 1.62 bits per heavy atom. The molecule has 1 fully saturated rings. The largest absolute Gasteiger partial charge is 0.494 e. The van der Waals surface area contributed by atoms with Gasteiger partial charge in [0.2, 0.25) is 5.91 Å². The minimum Gasteiger partial charge on any atom is -0.494 e. The van der Waals surface area contributed by atoms with Crippen LogP contribution >= 0.6 is 23.8 Å². The summed E-state index contributed by atoms with van der Waals surface area (Å²) in [5.41, 5.74) is 2.50. The molecule has 0 saturated carbocycles. The summed E-state index contributed by atoms with van der Waals surface area (Å²) in [5, 5.41) is 3.79. The fourth-order valence-electron chi connectivity index (χ4n) is 4.38. The highest BCUT2D eigenvalue weighted by Crippen LogP contribution is 2.28. The van der Waals surface area contributed by atoms with Crippen molar-refractivity contribution in [2.24, 2.45) is 0 Å². The molecule has 1 N–H and O–H groups in total. The van der Waals surface area contributed by atoms with Gasteiger partial charge in [0.15, 0.2) is 5.11 Å². The van der Waals surface area contributed by atoms with Crippen LogP contribution in [0.3, 0.4) is 0 Å². The molecule has 1 saturated heterocycles. The van der Waals surface area contributed by atoms with E-state index in [1.807, 2.05) is 31.2 Å². The summed E-state index contributed by atoms with van der Waals surface area (Å²) in [4.78, 5) is 42.0. The molecule has 0 bridgehead atoms. The second-order valence-corrected chi connectivity index (χ2v) is 9.82. The lowest BCUT2D eigenvalue weighted by Gasteiger charge is -2.24. The van der Waals surface area contributed by atoms with Crippen LogP contribution < -0.4 is 15.0 Å². The van der Waals surface area contributed by atoms with Crippen LogP contribution in [0.2, 0.25) is 5.02 Å². The summed E-state index contributed by atoms with van der Waals surface area (Å²) in [6.45, 7) is 4.86. The standard InChI is InChI=1S/C30H30ClN3O5S/c1-3-38-25-15-11-23(12-16-25)32-27(35)19-26-28(36)34(24-13-7-21(8-14-24)29(37)39-4-2)30(40)33(26)18-17-20-5-9-22(31)10-6-20/h5-16,26H,3-4,17-19H2,1-2H3,(H,32,35). The van der Waals surface area contributed by atoms with E-state index in [1.165, 1.54) is 4.90 Å². The van der Waals surface area contributed by atoms with Crippen LogP contribution in [0.1, 0.15) is 36.2 Å². The predicted molar refractivity (Wildman–Crippen MR) is 159 cm³/mol. The number of nitrogens with zero attached hydrogens (tertiary/aromatic N) is 2. The normalized spacial score (nSPS) is 14.8. The molecule has 2 amide bonds. The van der Waals surface area contributed by atoms with Crippen LogP contribution in [0.5, 0.6) is 5.75 Å². The molecule has 0 radical (unpaired) electrons. The smallest absolute Gasteiger partial charge is 0.338 e. The van der Waals surface area contributed by atoms with Crippen LogP contribution in [0, 0.1) is 0 Å². The number of carbonyl (C=O) groups excluding carboxylic acids is 3. The van der Waals surface area contributed by atoms with E-state index in [4.69, 9.17) is 33.3 Å². The quantitative estimate of drug-likeness (QED) is 0.237. The fraction of sp³-hybridized carbons (Fsp3) is 0.267. The first-order chi connectivity index (χ1) is 19.3. The highest BCUT2D eigenvalue weighted by atomic mass is 35.5. The Kier molecular flexibility index (Phi) is 9.74. The lowest BCUT2D eigenvalue weighted by atomic mass is 10.1. The monoisotopic (exact) mass is 579 g/mol. The lowest BCUT2D eigenvalue weighted by molar-refractivity contribution is -0.124. The molecule has 1 aliphatic rings. The van der Waals surface area contributed by atoms with Crippen molar-refractivity contribution in [3.05, 3.63) is 88.9 Å². The minimum atomic E-state index is -0.799. The Labute approximate surface area is 243 Å². The summed E-state index contributed by atoms with van der Waals surface area (Å²) in [6, 6.07) is 20.2. The Hall–Kier alpha value is -3.95. The third-order valence-corrected chi connectivity index (χ3v) is 7.01. The van der Waals surface area contributed by atoms with E-state index in [-0.39, 0.29) is 24.8 Å². The van der Waals surface area contributed by atoms with E-state index in [0.717, 1.165) is 5.56 Å². The van der Waals surface area contributed by atoms with Gasteiger partial charge in [0.25, 0.3) is 5.91 Å². The minimum absolute atomic E-state index is 0.0930. The van der Waals surface area contributed by atoms with Gasteiger partial charge in [0.1, 0.15) is 11.8 Å². The summed E-state index contributed by atoms with van der Waals surface area (Å²) in [6.07, 6.45) is 0.501. The number of halogens is 1. The summed E-state index contributed by atoms with van der Waals surface area (Å²) >= 11 is 11.8. The Balaban J connectivity index is 1.53. The van der Waals surface area contributed by atoms with Gasteiger partial charge < -0.3 is 19.7 Å². The molecule has 0 aromatic heterocycles. The number of hydrogen-bond acceptors (Lipinski definition) is 6. The van der Waals surface area contributed by atoms with E-state index >= 15 is 0 Å². The Morgan fingerprint density at radius 3 is 2.25 bits per heavy atom. The number of esters is 1. The number of amides is 2. The van der Waals surface area contributed by atoms with Crippen LogP contribution in [-0.4, -0.2) is 53.6 Å². The maximum atomic E-state index is 13.7. The van der Waals surface area contributed by atoms with Gasteiger partial charge in [-0.3, -0.25) is 14.5 Å². The van der Waals surface area contributed by atoms with Crippen LogP contribution in [0.15, 0.2) is 72.8 Å². The van der Waals surface area contributed by atoms with Crippen LogP contribution in [0.4, 0.5) is 11.4 Å². The van der Waals surface area contributed by atoms with Gasteiger partial charge in [0, 0.05) is 17.3 Å². The van der Waals surface area contributed by atoms with Crippen molar-refractivity contribution in [2.75, 3.05) is 30.0 Å². The fourth-order valence-corrected chi connectivity index (χ4v) is 4.92. The molecular weight excluding hydrogens is 550 g/mol. The number of thiocarbonyl (C=S) groups is 1. The average molecular weight is 580 g/mol. The maximum Gasteiger partial charge on any atom is 0.338 e. The molecule has 3 aromatic carbocycles. The van der Waals surface area contributed by atoms with Gasteiger partial charge in [-0.05, 0) is 98.7 Å². The number of anilines is 2. The average Bonchev–Trinajstić information content (AvgIpc) is 3.17. The maximum absolute atomic E-state index is 13.7. The zero-order chi connectivity index (χ0) is 28.6. The lowest BCUT2D eigenvalue weighted by Crippen LogP contribution is -2.39. The topological polar surface area (TPSA) is 88.2 Å². The molecule has 1 aliphatic heterocycles. The predicted octanol–water partition coefficient (Wildman–Crippen LogP) is 5.49. The number of benzene rings is 3. The molecule has 0 aliphatic carbocycles. The molecule has 0 spiro atoms. The molecule has 208 valence electrons. The Morgan fingerprint density at radius 1 is 0.950 bits per heavy atom. The first-order valence-electron chi connectivity index (χ1n) is 13.0. The molecule has 8 nitrogen and oxygen atoms in total. The van der Waals surface area contributed by atoms with Gasteiger partial charge in [-0.25, -0.2) is 4.79 Å². The Bertz CT molecular complexity index is 1360. The van der Waals surface area contributed by atoms with Crippen LogP contribution in [-0.2, 0) is 20.7 Å². The SMILES string of the molecule is CCOC(=O)c1ccc(N2C(=O)C(CC(=O)Nc3ccc(OCC)cc3)N(CCc3ccc(Cl)cc3)C2=S)cc1. The van der Waals surface area contributed by atoms with Gasteiger partial charge in [-0.1, -0.05) is 23.7 Å². The van der Waals surface area contributed by atoms with Crippen molar-refractivity contribution in [2.45, 2.75) is 32.7 Å². The van der Waals surface area contributed by atoms with Crippen molar-refractivity contribution in [3.63, 3.8) is 0 Å². The van der Waals surface area contributed by atoms with Gasteiger partial charge in [-0.15, -0.1) is 0 Å². The van der Waals surface area contributed by atoms with Gasteiger partial charge in [-0.2, -0.15) is 0 Å². The number of hydrogen-bond donors (Lipinski definition) is 1. The van der Waals surface area contributed by atoms with E-state index in [0.29, 0.717) is 52.4 Å². The molecule has 1 atom stereocenters. The van der Waals surface area contributed by atoms with E-state index in [1.54, 1.807) is 60.4 Å². The first-order valence-corrected chi connectivity index (χ1v) is 13.8. The van der Waals surface area contributed by atoms with Gasteiger partial charge in [0.05, 0.1) is 30.9 Å². The van der Waals surface area contributed by atoms with Crippen molar-refractivity contribution >= 4 is 58.1 Å². The van der Waals surface area contributed by atoms with Crippen molar-refractivity contribution in [3.8, 4) is 5.75 Å². The van der Waals surface area contributed by atoms with Crippen molar-refractivity contribution in [1.82, 2.24) is 4.90 Å². The second kappa shape index (κ2) is 13.4. The highest BCUT2D eigenvalue weighted by Gasteiger charge is 2.44. The number of ether oxygens (including phenoxy) is 2. The number of carbonyl (C=O) groups is 3. The number of rotatable bonds is 11. The van der Waals surface area contributed by atoms with Crippen LogP contribution in [0.25, 0.3) is 0 Å².